The zero-order valence-corrected chi connectivity index (χ0v) is 13.3. The number of piperidine rings is 1. The van der Waals surface area contributed by atoms with Crippen LogP contribution in [0.25, 0.3) is 10.9 Å². The molecular formula is C16H19BrN2O. The number of ether oxygens (including phenoxy) is 1. The molecule has 0 amide bonds. The van der Waals surface area contributed by atoms with Gasteiger partial charge in [-0.25, -0.2) is 0 Å². The van der Waals surface area contributed by atoms with Gasteiger partial charge in [0.05, 0.1) is 11.6 Å². The summed E-state index contributed by atoms with van der Waals surface area (Å²) in [5.74, 6) is 0. The Morgan fingerprint density at radius 1 is 1.40 bits per heavy atom. The summed E-state index contributed by atoms with van der Waals surface area (Å²) in [7, 11) is 0. The fourth-order valence-corrected chi connectivity index (χ4v) is 3.40. The van der Waals surface area contributed by atoms with Crippen LogP contribution in [-0.2, 0) is 4.74 Å². The number of benzene rings is 1. The lowest BCUT2D eigenvalue weighted by molar-refractivity contribution is 0.0527. The third-order valence-corrected chi connectivity index (χ3v) is 4.46. The fourth-order valence-electron chi connectivity index (χ4n) is 2.93. The number of nitrogens with zero attached hydrogens (tertiary/aromatic N) is 2. The van der Waals surface area contributed by atoms with Gasteiger partial charge in [-0.05, 0) is 47.8 Å². The summed E-state index contributed by atoms with van der Waals surface area (Å²) in [6, 6.07) is 8.37. The standard InChI is InChI=1S/C16H19BrN2O/c1-2-20-12-5-4-10-19(11-12)15-8-9-18-16-13(15)6-3-7-14(16)17/h3,6-9,12H,2,4-5,10-11H2,1H3. The average Bonchev–Trinajstić information content (AvgIpc) is 2.48. The van der Waals surface area contributed by atoms with Crippen LogP contribution in [-0.4, -0.2) is 30.8 Å². The third-order valence-electron chi connectivity index (χ3n) is 3.82. The molecule has 0 N–H and O–H groups in total. The van der Waals surface area contributed by atoms with Crippen molar-refractivity contribution in [1.29, 1.82) is 0 Å². The van der Waals surface area contributed by atoms with Gasteiger partial charge in [-0.1, -0.05) is 12.1 Å². The van der Waals surface area contributed by atoms with Crippen molar-refractivity contribution < 1.29 is 4.74 Å². The predicted octanol–water partition coefficient (Wildman–Crippen LogP) is 4.00. The average molecular weight is 335 g/mol. The van der Waals surface area contributed by atoms with Crippen molar-refractivity contribution in [2.24, 2.45) is 0 Å². The van der Waals surface area contributed by atoms with Gasteiger partial charge in [0, 0.05) is 41.4 Å². The monoisotopic (exact) mass is 334 g/mol. The SMILES string of the molecule is CCOC1CCCN(c2ccnc3c(Br)cccc23)C1. The van der Waals surface area contributed by atoms with Crippen LogP contribution < -0.4 is 4.90 Å². The Balaban J connectivity index is 1.95. The van der Waals surface area contributed by atoms with Gasteiger partial charge in [0.2, 0.25) is 0 Å². The number of anilines is 1. The Labute approximate surface area is 128 Å². The number of hydrogen-bond donors (Lipinski definition) is 0. The first-order valence-electron chi connectivity index (χ1n) is 7.19. The lowest BCUT2D eigenvalue weighted by atomic mass is 10.1. The molecule has 0 spiro atoms. The van der Waals surface area contributed by atoms with E-state index in [2.05, 4.69) is 50.9 Å². The Bertz CT molecular complexity index is 600. The van der Waals surface area contributed by atoms with Crippen LogP contribution in [0.1, 0.15) is 19.8 Å². The van der Waals surface area contributed by atoms with E-state index in [1.54, 1.807) is 0 Å². The highest BCUT2D eigenvalue weighted by Gasteiger charge is 2.21. The Morgan fingerprint density at radius 2 is 2.30 bits per heavy atom. The van der Waals surface area contributed by atoms with Gasteiger partial charge in [-0.15, -0.1) is 0 Å². The van der Waals surface area contributed by atoms with Crippen LogP contribution in [0.5, 0.6) is 0 Å². The Hall–Kier alpha value is -1.13. The Morgan fingerprint density at radius 3 is 3.15 bits per heavy atom. The molecular weight excluding hydrogens is 316 g/mol. The molecule has 3 nitrogen and oxygen atoms in total. The first-order valence-corrected chi connectivity index (χ1v) is 7.98. The van der Waals surface area contributed by atoms with E-state index < -0.39 is 0 Å². The van der Waals surface area contributed by atoms with Crippen molar-refractivity contribution in [3.8, 4) is 0 Å². The number of rotatable bonds is 3. The van der Waals surface area contributed by atoms with Gasteiger partial charge in [0.15, 0.2) is 0 Å². The number of halogens is 1. The molecule has 1 aliphatic rings. The summed E-state index contributed by atoms with van der Waals surface area (Å²) in [4.78, 5) is 6.92. The first-order chi connectivity index (χ1) is 9.79. The highest BCUT2D eigenvalue weighted by atomic mass is 79.9. The van der Waals surface area contributed by atoms with Crippen molar-refractivity contribution in [1.82, 2.24) is 4.98 Å². The molecule has 1 aromatic heterocycles. The first kappa shape index (κ1) is 13.8. The molecule has 4 heteroatoms. The Kier molecular flexibility index (Phi) is 4.22. The van der Waals surface area contributed by atoms with Gasteiger partial charge >= 0.3 is 0 Å². The molecule has 2 heterocycles. The van der Waals surface area contributed by atoms with Crippen LogP contribution in [0.15, 0.2) is 34.9 Å². The predicted molar refractivity (Wildman–Crippen MR) is 86.3 cm³/mol. The second kappa shape index (κ2) is 6.10. The molecule has 3 rings (SSSR count). The van der Waals surface area contributed by atoms with Crippen LogP contribution in [0.4, 0.5) is 5.69 Å². The minimum absolute atomic E-state index is 0.351. The summed E-state index contributed by atoms with van der Waals surface area (Å²) in [5, 5.41) is 1.21. The molecule has 1 unspecified atom stereocenters. The number of hydrogen-bond acceptors (Lipinski definition) is 3. The molecule has 0 saturated carbocycles. The zero-order valence-electron chi connectivity index (χ0n) is 11.7. The van der Waals surface area contributed by atoms with Crippen molar-refractivity contribution >= 4 is 32.5 Å². The number of pyridine rings is 1. The summed E-state index contributed by atoms with van der Waals surface area (Å²) < 4.78 is 6.85. The summed E-state index contributed by atoms with van der Waals surface area (Å²) >= 11 is 3.59. The number of fused-ring (bicyclic) bond motifs is 1. The highest BCUT2D eigenvalue weighted by molar-refractivity contribution is 9.10. The second-order valence-corrected chi connectivity index (χ2v) is 5.99. The zero-order chi connectivity index (χ0) is 13.9. The van der Waals surface area contributed by atoms with E-state index in [1.807, 2.05) is 12.3 Å². The van der Waals surface area contributed by atoms with Gasteiger partial charge in [0.25, 0.3) is 0 Å². The van der Waals surface area contributed by atoms with E-state index in [1.165, 1.54) is 17.5 Å². The number of para-hydroxylation sites is 1. The van der Waals surface area contributed by atoms with Crippen LogP contribution >= 0.6 is 15.9 Å². The van der Waals surface area contributed by atoms with Gasteiger partial charge < -0.3 is 9.64 Å². The van der Waals surface area contributed by atoms with E-state index in [-0.39, 0.29) is 0 Å². The maximum absolute atomic E-state index is 5.80. The topological polar surface area (TPSA) is 25.4 Å². The quantitative estimate of drug-likeness (QED) is 0.848. The minimum atomic E-state index is 0.351. The van der Waals surface area contributed by atoms with Crippen LogP contribution in [0.3, 0.4) is 0 Å². The maximum atomic E-state index is 5.80. The minimum Gasteiger partial charge on any atom is -0.377 e. The van der Waals surface area contributed by atoms with Crippen molar-refractivity contribution in [3.63, 3.8) is 0 Å². The molecule has 20 heavy (non-hydrogen) atoms. The summed E-state index contributed by atoms with van der Waals surface area (Å²) in [6.45, 7) is 4.92. The highest BCUT2D eigenvalue weighted by Crippen LogP contribution is 2.31. The molecule has 106 valence electrons. The second-order valence-electron chi connectivity index (χ2n) is 5.13. The van der Waals surface area contributed by atoms with E-state index in [0.29, 0.717) is 6.10 Å². The smallest absolute Gasteiger partial charge is 0.0864 e. The molecule has 1 atom stereocenters. The molecule has 1 aromatic carbocycles. The lowest BCUT2D eigenvalue weighted by Crippen LogP contribution is -2.39. The molecule has 0 aliphatic carbocycles. The molecule has 0 radical (unpaired) electrons. The van der Waals surface area contributed by atoms with Crippen LogP contribution in [0.2, 0.25) is 0 Å². The van der Waals surface area contributed by atoms with Crippen molar-refractivity contribution in [2.45, 2.75) is 25.9 Å². The molecule has 1 fully saturated rings. The maximum Gasteiger partial charge on any atom is 0.0864 e. The lowest BCUT2D eigenvalue weighted by Gasteiger charge is -2.34. The molecule has 1 aliphatic heterocycles. The summed E-state index contributed by atoms with van der Waals surface area (Å²) in [5.41, 5.74) is 2.30. The third kappa shape index (κ3) is 2.67. The number of aromatic nitrogens is 1. The normalized spacial score (nSPS) is 19.5. The van der Waals surface area contributed by atoms with Crippen LogP contribution in [0, 0.1) is 0 Å². The largest absolute Gasteiger partial charge is 0.377 e. The van der Waals surface area contributed by atoms with E-state index in [0.717, 1.165) is 36.1 Å². The van der Waals surface area contributed by atoms with Gasteiger partial charge in [-0.2, -0.15) is 0 Å². The fraction of sp³-hybridized carbons (Fsp3) is 0.438. The van der Waals surface area contributed by atoms with E-state index in [9.17, 15) is 0 Å². The van der Waals surface area contributed by atoms with Gasteiger partial charge in [-0.3, -0.25) is 4.98 Å². The summed E-state index contributed by atoms with van der Waals surface area (Å²) in [6.07, 6.45) is 4.59. The molecule has 2 aromatic rings. The molecule has 0 bridgehead atoms. The molecule has 1 saturated heterocycles. The van der Waals surface area contributed by atoms with Gasteiger partial charge in [0.1, 0.15) is 0 Å². The van der Waals surface area contributed by atoms with Crippen molar-refractivity contribution in [3.05, 3.63) is 34.9 Å². The van der Waals surface area contributed by atoms with Crippen molar-refractivity contribution in [2.75, 3.05) is 24.6 Å². The van der Waals surface area contributed by atoms with E-state index >= 15 is 0 Å². The van der Waals surface area contributed by atoms with E-state index in [4.69, 9.17) is 4.74 Å².